The lowest BCUT2D eigenvalue weighted by atomic mass is 10.1. The number of ether oxygens (including phenoxy) is 2. The number of nitrogens with zero attached hydrogens (tertiary/aromatic N) is 2. The number of nitriles is 1. The van der Waals surface area contributed by atoms with E-state index in [4.69, 9.17) is 14.7 Å². The molecule has 0 saturated heterocycles. The largest absolute Gasteiger partial charge is 0.476 e. The van der Waals surface area contributed by atoms with Crippen molar-refractivity contribution in [3.05, 3.63) is 48.2 Å². The molecular weight excluding hydrogens is 280 g/mol. The van der Waals surface area contributed by atoms with Gasteiger partial charge in [-0.1, -0.05) is 6.07 Å². The van der Waals surface area contributed by atoms with Gasteiger partial charge in [-0.2, -0.15) is 5.26 Å². The van der Waals surface area contributed by atoms with E-state index < -0.39 is 6.10 Å². The number of methoxy groups -OCH3 is 1. The Bertz CT molecular complexity index is 905. The lowest BCUT2D eigenvalue weighted by Gasteiger charge is -2.07. The maximum atomic E-state index is 12.1. The van der Waals surface area contributed by atoms with Crippen LogP contribution in [-0.4, -0.2) is 23.6 Å². The molecule has 1 atom stereocenters. The molecule has 0 aliphatic rings. The quantitative estimate of drug-likeness (QED) is 0.696. The van der Waals surface area contributed by atoms with Crippen molar-refractivity contribution >= 4 is 22.4 Å². The van der Waals surface area contributed by atoms with E-state index in [1.54, 1.807) is 13.0 Å². The van der Waals surface area contributed by atoms with Crippen LogP contribution in [0.4, 0.5) is 0 Å². The molecule has 1 unspecified atom stereocenters. The fourth-order valence-electron chi connectivity index (χ4n) is 2.54. The summed E-state index contributed by atoms with van der Waals surface area (Å²) < 4.78 is 12.3. The molecule has 0 N–H and O–H groups in total. The summed E-state index contributed by atoms with van der Waals surface area (Å²) in [4.78, 5) is 12.1. The molecule has 0 amide bonds. The summed E-state index contributed by atoms with van der Waals surface area (Å²) in [7, 11) is 1.37. The summed E-state index contributed by atoms with van der Waals surface area (Å²) in [5.74, 6) is 0.207. The van der Waals surface area contributed by atoms with Crippen molar-refractivity contribution in [2.45, 2.75) is 13.0 Å². The standard InChI is InChI=1S/C17H14N2O3/c1-11(10-18)22-12-6-7-13-15(9-12)19-8-4-3-5-14(19)16(13)17(20)21-2/h3-9,11H,1-2H3. The van der Waals surface area contributed by atoms with E-state index >= 15 is 0 Å². The Balaban J connectivity index is 2.27. The van der Waals surface area contributed by atoms with Crippen LogP contribution in [0.5, 0.6) is 5.75 Å². The third-order valence-corrected chi connectivity index (χ3v) is 3.50. The van der Waals surface area contributed by atoms with Gasteiger partial charge in [-0.3, -0.25) is 0 Å². The molecule has 1 aromatic carbocycles. The first-order valence-corrected chi connectivity index (χ1v) is 6.83. The van der Waals surface area contributed by atoms with Gasteiger partial charge in [-0.15, -0.1) is 0 Å². The zero-order valence-electron chi connectivity index (χ0n) is 12.2. The van der Waals surface area contributed by atoms with E-state index in [9.17, 15) is 4.79 Å². The second-order valence-electron chi connectivity index (χ2n) is 4.89. The molecule has 0 saturated carbocycles. The highest BCUT2D eigenvalue weighted by Crippen LogP contribution is 2.30. The molecule has 0 fully saturated rings. The fraction of sp³-hybridized carbons (Fsp3) is 0.176. The number of esters is 1. The van der Waals surface area contributed by atoms with Gasteiger partial charge in [-0.25, -0.2) is 4.79 Å². The minimum atomic E-state index is -0.538. The molecule has 0 bridgehead atoms. The van der Waals surface area contributed by atoms with E-state index in [0.29, 0.717) is 11.3 Å². The number of aromatic nitrogens is 1. The van der Waals surface area contributed by atoms with Gasteiger partial charge in [0.1, 0.15) is 11.8 Å². The minimum Gasteiger partial charge on any atom is -0.476 e. The highest BCUT2D eigenvalue weighted by Gasteiger charge is 2.19. The van der Waals surface area contributed by atoms with Crippen LogP contribution in [0, 0.1) is 11.3 Å². The molecule has 0 spiro atoms. The van der Waals surface area contributed by atoms with Crippen LogP contribution in [-0.2, 0) is 4.74 Å². The highest BCUT2D eigenvalue weighted by molar-refractivity contribution is 6.11. The Kier molecular flexibility index (Phi) is 3.43. The number of benzene rings is 1. The number of carbonyl (C=O) groups excluding carboxylic acids is 1. The Morgan fingerprint density at radius 1 is 1.27 bits per heavy atom. The summed E-state index contributed by atoms with van der Waals surface area (Å²) in [6.45, 7) is 1.68. The molecule has 110 valence electrons. The third-order valence-electron chi connectivity index (χ3n) is 3.50. The maximum absolute atomic E-state index is 12.1. The first kappa shape index (κ1) is 14.0. The topological polar surface area (TPSA) is 63.7 Å². The van der Waals surface area contributed by atoms with Gasteiger partial charge >= 0.3 is 5.97 Å². The first-order valence-electron chi connectivity index (χ1n) is 6.83. The van der Waals surface area contributed by atoms with Gasteiger partial charge in [-0.05, 0) is 31.2 Å². The Labute approximate surface area is 127 Å². The van der Waals surface area contributed by atoms with Crippen molar-refractivity contribution in [2.24, 2.45) is 0 Å². The van der Waals surface area contributed by atoms with Gasteiger partial charge in [0.05, 0.1) is 23.7 Å². The number of hydrogen-bond donors (Lipinski definition) is 0. The van der Waals surface area contributed by atoms with Crippen LogP contribution in [0.2, 0.25) is 0 Å². The van der Waals surface area contributed by atoms with Crippen LogP contribution < -0.4 is 4.74 Å². The summed E-state index contributed by atoms with van der Waals surface area (Å²) >= 11 is 0. The van der Waals surface area contributed by atoms with Gasteiger partial charge in [0.15, 0.2) is 6.10 Å². The smallest absolute Gasteiger partial charge is 0.340 e. The van der Waals surface area contributed by atoms with Crippen LogP contribution in [0.3, 0.4) is 0 Å². The van der Waals surface area contributed by atoms with E-state index in [1.807, 2.05) is 47.0 Å². The minimum absolute atomic E-state index is 0.377. The third kappa shape index (κ3) is 2.15. The number of rotatable bonds is 3. The number of pyridine rings is 1. The fourth-order valence-corrected chi connectivity index (χ4v) is 2.54. The zero-order chi connectivity index (χ0) is 15.7. The number of hydrogen-bond acceptors (Lipinski definition) is 4. The van der Waals surface area contributed by atoms with E-state index in [1.165, 1.54) is 7.11 Å². The molecule has 2 heterocycles. The SMILES string of the molecule is COC(=O)c1c2ccc(OC(C)C#N)cc2n2ccccc12. The van der Waals surface area contributed by atoms with Crippen molar-refractivity contribution < 1.29 is 14.3 Å². The molecular formula is C17H14N2O3. The van der Waals surface area contributed by atoms with Crippen molar-refractivity contribution in [3.63, 3.8) is 0 Å². The Hall–Kier alpha value is -3.00. The molecule has 0 aliphatic carbocycles. The van der Waals surface area contributed by atoms with Crippen molar-refractivity contribution in [2.75, 3.05) is 7.11 Å². The average molecular weight is 294 g/mol. The molecule has 0 radical (unpaired) electrons. The van der Waals surface area contributed by atoms with Crippen molar-refractivity contribution in [1.29, 1.82) is 5.26 Å². The van der Waals surface area contributed by atoms with Gasteiger partial charge in [0, 0.05) is 17.6 Å². The Morgan fingerprint density at radius 3 is 2.82 bits per heavy atom. The predicted octanol–water partition coefficient (Wildman–Crippen LogP) is 3.17. The van der Waals surface area contributed by atoms with E-state index in [0.717, 1.165) is 16.4 Å². The number of carbonyl (C=O) groups is 1. The first-order chi connectivity index (χ1) is 10.7. The summed E-state index contributed by atoms with van der Waals surface area (Å²) in [5.41, 5.74) is 2.13. The second kappa shape index (κ2) is 5.41. The second-order valence-corrected chi connectivity index (χ2v) is 4.89. The van der Waals surface area contributed by atoms with Crippen LogP contribution in [0.15, 0.2) is 42.6 Å². The molecule has 5 nitrogen and oxygen atoms in total. The molecule has 0 aliphatic heterocycles. The molecule has 3 aromatic rings. The lowest BCUT2D eigenvalue weighted by molar-refractivity contribution is 0.0605. The van der Waals surface area contributed by atoms with E-state index in [2.05, 4.69) is 0 Å². The van der Waals surface area contributed by atoms with Crippen LogP contribution >= 0.6 is 0 Å². The zero-order valence-corrected chi connectivity index (χ0v) is 12.2. The molecule has 3 rings (SSSR count). The Morgan fingerprint density at radius 2 is 2.09 bits per heavy atom. The molecule has 5 heteroatoms. The van der Waals surface area contributed by atoms with Gasteiger partial charge in [0.2, 0.25) is 0 Å². The monoisotopic (exact) mass is 294 g/mol. The summed E-state index contributed by atoms with van der Waals surface area (Å²) in [6.07, 6.45) is 1.34. The summed E-state index contributed by atoms with van der Waals surface area (Å²) in [5, 5.41) is 9.64. The molecule has 2 aromatic heterocycles. The van der Waals surface area contributed by atoms with Crippen LogP contribution in [0.1, 0.15) is 17.3 Å². The average Bonchev–Trinajstić information content (AvgIpc) is 2.88. The van der Waals surface area contributed by atoms with Gasteiger partial charge in [0.25, 0.3) is 0 Å². The maximum Gasteiger partial charge on any atom is 0.340 e. The normalized spacial score (nSPS) is 12.0. The predicted molar refractivity (Wildman–Crippen MR) is 81.9 cm³/mol. The summed E-state index contributed by atoms with van der Waals surface area (Å²) in [6, 6.07) is 13.0. The van der Waals surface area contributed by atoms with Crippen molar-refractivity contribution in [1.82, 2.24) is 4.40 Å². The highest BCUT2D eigenvalue weighted by atomic mass is 16.5. The molecule has 22 heavy (non-hydrogen) atoms. The van der Waals surface area contributed by atoms with Crippen molar-refractivity contribution in [3.8, 4) is 11.8 Å². The van der Waals surface area contributed by atoms with Crippen LogP contribution in [0.25, 0.3) is 16.4 Å². The van der Waals surface area contributed by atoms with Gasteiger partial charge < -0.3 is 13.9 Å². The lowest BCUT2D eigenvalue weighted by Crippen LogP contribution is -2.07. The number of fused-ring (bicyclic) bond motifs is 3. The van der Waals surface area contributed by atoms with E-state index in [-0.39, 0.29) is 5.97 Å².